The molecule has 0 saturated carbocycles. The Bertz CT molecular complexity index is 3580. The largest absolute Gasteiger partial charge is 0.507 e. The first-order valence-corrected chi connectivity index (χ1v) is 25.4. The maximum atomic E-state index is 12.5. The van der Waals surface area contributed by atoms with Gasteiger partial charge < -0.3 is 5.11 Å². The SMILES string of the molecule is CC(C)c1cc(-c2nc3c(-c4[c-]c(-c5cc(-c6ccc(-c7ccccc7)cc6)ccn5)cc(-c5ccccc5)c4)cccc3n2-c2cc(C(C)(C)C)ccc2-c2ccc(C(C)(C)C)cc2)c(O)c(C(C)C)c1.[Pt]. The van der Waals surface area contributed by atoms with Crippen LogP contribution >= 0.6 is 0 Å². The molecule has 5 heteroatoms. The number of rotatable bonds is 10. The van der Waals surface area contributed by atoms with Crippen LogP contribution in [0.25, 0.3) is 95.0 Å². The van der Waals surface area contributed by atoms with E-state index < -0.39 is 0 Å². The first kappa shape index (κ1) is 50.8. The summed E-state index contributed by atoms with van der Waals surface area (Å²) in [5, 5.41) is 12.5. The Hall–Kier alpha value is -7.13. The van der Waals surface area contributed by atoms with Crippen molar-refractivity contribution in [1.82, 2.24) is 14.5 Å². The van der Waals surface area contributed by atoms with E-state index in [0.717, 1.165) is 83.6 Å². The maximum absolute atomic E-state index is 12.5. The van der Waals surface area contributed by atoms with Crippen LogP contribution in [0.1, 0.15) is 103 Å². The van der Waals surface area contributed by atoms with Gasteiger partial charge in [0.1, 0.15) is 11.6 Å². The molecule has 0 unspecified atom stereocenters. The fourth-order valence-corrected chi connectivity index (χ4v) is 9.84. The number of imidazole rings is 1. The van der Waals surface area contributed by atoms with Crippen LogP contribution in [0.15, 0.2) is 188 Å². The van der Waals surface area contributed by atoms with Gasteiger partial charge in [-0.3, -0.25) is 9.55 Å². The number of hydrogen-bond acceptors (Lipinski definition) is 3. The second-order valence-corrected chi connectivity index (χ2v) is 22.0. The van der Waals surface area contributed by atoms with E-state index in [0.29, 0.717) is 11.4 Å². The van der Waals surface area contributed by atoms with Gasteiger partial charge in [-0.05, 0) is 103 Å². The van der Waals surface area contributed by atoms with Gasteiger partial charge in [0, 0.05) is 38.5 Å². The maximum Gasteiger partial charge on any atom is 0.148 e. The fourth-order valence-electron chi connectivity index (χ4n) is 9.84. The molecule has 0 radical (unpaired) electrons. The topological polar surface area (TPSA) is 50.9 Å². The van der Waals surface area contributed by atoms with Crippen molar-refractivity contribution in [2.75, 3.05) is 0 Å². The summed E-state index contributed by atoms with van der Waals surface area (Å²) in [4.78, 5) is 10.7. The monoisotopic (exact) mass is 1130 g/mol. The molecule has 0 spiro atoms. The summed E-state index contributed by atoms with van der Waals surface area (Å²) in [5.74, 6) is 1.26. The predicted octanol–water partition coefficient (Wildman–Crippen LogP) is 18.4. The summed E-state index contributed by atoms with van der Waals surface area (Å²) >= 11 is 0. The zero-order valence-corrected chi connectivity index (χ0v) is 45.9. The number of benzene rings is 8. The quantitative estimate of drug-likeness (QED) is 0.139. The number of fused-ring (bicyclic) bond motifs is 1. The molecule has 10 aromatic rings. The smallest absolute Gasteiger partial charge is 0.148 e. The van der Waals surface area contributed by atoms with Gasteiger partial charge >= 0.3 is 0 Å². The molecule has 73 heavy (non-hydrogen) atoms. The van der Waals surface area contributed by atoms with Crippen molar-refractivity contribution >= 4 is 11.0 Å². The van der Waals surface area contributed by atoms with Crippen LogP contribution in [0, 0.1) is 6.07 Å². The van der Waals surface area contributed by atoms with Gasteiger partial charge in [-0.25, -0.2) is 4.98 Å². The molecule has 1 N–H and O–H groups in total. The normalized spacial score (nSPS) is 11.9. The van der Waals surface area contributed by atoms with Crippen LogP contribution in [0.5, 0.6) is 5.75 Å². The third-order valence-corrected chi connectivity index (χ3v) is 14.2. The van der Waals surface area contributed by atoms with Crippen LogP contribution in [0.2, 0.25) is 0 Å². The number of phenols is 1. The Morgan fingerprint density at radius 3 is 1.67 bits per heavy atom. The number of phenolic OH excluding ortho intramolecular Hbond substituents is 1. The second-order valence-electron chi connectivity index (χ2n) is 22.0. The van der Waals surface area contributed by atoms with E-state index in [4.69, 9.17) is 9.97 Å². The van der Waals surface area contributed by atoms with Gasteiger partial charge in [0.2, 0.25) is 0 Å². The molecule has 0 fully saturated rings. The molecule has 368 valence electrons. The van der Waals surface area contributed by atoms with Gasteiger partial charge in [-0.1, -0.05) is 232 Å². The Labute approximate surface area is 447 Å². The Balaban J connectivity index is 0.00000656. The molecule has 0 aliphatic carbocycles. The van der Waals surface area contributed by atoms with Gasteiger partial charge in [0.15, 0.2) is 0 Å². The van der Waals surface area contributed by atoms with Crippen LogP contribution < -0.4 is 0 Å². The number of para-hydroxylation sites is 1. The Kier molecular flexibility index (Phi) is 14.2. The van der Waals surface area contributed by atoms with Crippen molar-refractivity contribution in [3.8, 4) is 89.7 Å². The minimum Gasteiger partial charge on any atom is -0.507 e. The summed E-state index contributed by atoms with van der Waals surface area (Å²) in [6.07, 6.45) is 1.90. The molecule has 2 heterocycles. The Morgan fingerprint density at radius 2 is 1.05 bits per heavy atom. The molecule has 2 aromatic heterocycles. The predicted molar refractivity (Wildman–Crippen MR) is 303 cm³/mol. The Morgan fingerprint density at radius 1 is 0.479 bits per heavy atom. The zero-order valence-electron chi connectivity index (χ0n) is 43.7. The number of aromatic hydroxyl groups is 1. The van der Waals surface area contributed by atoms with Crippen LogP contribution in [-0.2, 0) is 31.9 Å². The summed E-state index contributed by atoms with van der Waals surface area (Å²) < 4.78 is 2.31. The van der Waals surface area contributed by atoms with E-state index >= 15 is 0 Å². The average molecular weight is 1130 g/mol. The van der Waals surface area contributed by atoms with Crippen LogP contribution in [-0.4, -0.2) is 19.6 Å². The van der Waals surface area contributed by atoms with Gasteiger partial charge in [0.25, 0.3) is 0 Å². The molecule has 4 nitrogen and oxygen atoms in total. The minimum atomic E-state index is -0.143. The van der Waals surface area contributed by atoms with E-state index in [1.807, 2.05) is 12.3 Å². The fraction of sp³-hybridized carbons (Fsp3) is 0.206. The standard InChI is InChI=1S/C68H64N3O.Pt/c1-43(2)51-39-59(44(3)4)65(72)60(40-51)66-70-64-58(22-17-23-62(64)71(66)63-42-56(68(8,9)10)32-33-57(63)49-28-30-55(31-29-49)67(5,6)7)53-36-52(46-20-15-12-16-21-46)37-54(38-53)61-41-50(34-35-69-61)48-26-24-47(25-27-48)45-18-13-11-14-19-45;/h11-37,39-44,72H,1-10H3;/q-1;. The van der Waals surface area contributed by atoms with E-state index in [1.54, 1.807) is 0 Å². The molecular formula is C68H64N3OPt-. The first-order chi connectivity index (χ1) is 34.5. The van der Waals surface area contributed by atoms with Gasteiger partial charge in [-0.15, -0.1) is 23.8 Å². The summed E-state index contributed by atoms with van der Waals surface area (Å²) in [7, 11) is 0. The molecule has 0 aliphatic heterocycles. The van der Waals surface area contributed by atoms with Crippen molar-refractivity contribution < 1.29 is 26.2 Å². The van der Waals surface area contributed by atoms with E-state index in [1.165, 1.54) is 22.3 Å². The van der Waals surface area contributed by atoms with Crippen molar-refractivity contribution in [3.63, 3.8) is 0 Å². The number of nitrogens with zero attached hydrogens (tertiary/aromatic N) is 3. The van der Waals surface area contributed by atoms with Crippen LogP contribution in [0.4, 0.5) is 0 Å². The summed E-state index contributed by atoms with van der Waals surface area (Å²) in [5.41, 5.74) is 20.3. The zero-order chi connectivity index (χ0) is 50.5. The van der Waals surface area contributed by atoms with Crippen molar-refractivity contribution in [3.05, 3.63) is 217 Å². The molecule has 8 aromatic carbocycles. The van der Waals surface area contributed by atoms with E-state index in [-0.39, 0.29) is 49.5 Å². The third kappa shape index (κ3) is 10.3. The van der Waals surface area contributed by atoms with Crippen molar-refractivity contribution in [2.24, 2.45) is 0 Å². The number of aromatic nitrogens is 3. The number of hydrogen-bond donors (Lipinski definition) is 1. The molecule has 0 aliphatic rings. The van der Waals surface area contributed by atoms with E-state index in [2.05, 4.69) is 256 Å². The van der Waals surface area contributed by atoms with Crippen LogP contribution in [0.3, 0.4) is 0 Å². The average Bonchev–Trinajstić information content (AvgIpc) is 3.78. The number of pyridine rings is 1. The molecule has 10 rings (SSSR count). The molecule has 0 saturated heterocycles. The molecular weight excluding hydrogens is 1070 g/mol. The van der Waals surface area contributed by atoms with Crippen molar-refractivity contribution in [2.45, 2.75) is 91.9 Å². The summed E-state index contributed by atoms with van der Waals surface area (Å²) in [6, 6.07) is 69.0. The first-order valence-electron chi connectivity index (χ1n) is 25.4. The van der Waals surface area contributed by atoms with Gasteiger partial charge in [0.05, 0.1) is 22.3 Å². The van der Waals surface area contributed by atoms with E-state index in [9.17, 15) is 5.11 Å². The third-order valence-electron chi connectivity index (χ3n) is 14.2. The molecule has 0 amide bonds. The molecule has 0 bridgehead atoms. The van der Waals surface area contributed by atoms with Crippen molar-refractivity contribution in [1.29, 1.82) is 0 Å². The summed E-state index contributed by atoms with van der Waals surface area (Å²) in [6.45, 7) is 22.3. The minimum absolute atomic E-state index is 0. The van der Waals surface area contributed by atoms with Gasteiger partial charge in [-0.2, -0.15) is 0 Å². The molecule has 0 atom stereocenters. The second kappa shape index (κ2) is 20.4.